The zero-order chi connectivity index (χ0) is 23.2. The third-order valence-electron chi connectivity index (χ3n) is 6.64. The van der Waals surface area contributed by atoms with Crippen LogP contribution in [-0.2, 0) is 6.54 Å². The largest absolute Gasteiger partial charge is 0.368 e. The Labute approximate surface area is 204 Å². The van der Waals surface area contributed by atoms with E-state index in [4.69, 9.17) is 0 Å². The van der Waals surface area contributed by atoms with E-state index in [0.29, 0.717) is 11.6 Å². The average Bonchev–Trinajstić information content (AvgIpc) is 3.50. The molecule has 0 bridgehead atoms. The maximum Gasteiger partial charge on any atom is 0.330 e. The van der Waals surface area contributed by atoms with E-state index < -0.39 is 0 Å². The molecule has 1 aliphatic heterocycles. The second-order valence-electron chi connectivity index (χ2n) is 9.11. The highest BCUT2D eigenvalue weighted by molar-refractivity contribution is 9.10. The molecule has 174 valence electrons. The molecule has 34 heavy (non-hydrogen) atoms. The summed E-state index contributed by atoms with van der Waals surface area (Å²) in [6.07, 6.45) is 5.82. The van der Waals surface area contributed by atoms with Crippen molar-refractivity contribution in [3.63, 3.8) is 0 Å². The molecule has 4 heterocycles. The normalized spacial score (nSPS) is 16.9. The topological polar surface area (TPSA) is 85.7 Å². The Morgan fingerprint density at radius 2 is 1.97 bits per heavy atom. The Bertz CT molecular complexity index is 1450. The van der Waals surface area contributed by atoms with Crippen LogP contribution >= 0.6 is 15.9 Å². The SMILES string of the molecule is O=C(NC1CC1)c1ccc(N2CCN(Cc3cnc4c(c3)[nH]c(=O)n3cccc43)CC2)c(Br)c1. The van der Waals surface area contributed by atoms with E-state index in [-0.39, 0.29) is 11.6 Å². The number of fused-ring (bicyclic) bond motifs is 3. The van der Waals surface area contributed by atoms with Gasteiger partial charge in [-0.25, -0.2) is 4.79 Å². The van der Waals surface area contributed by atoms with Gasteiger partial charge in [0.25, 0.3) is 5.91 Å². The Kier molecular flexibility index (Phi) is 5.38. The highest BCUT2D eigenvalue weighted by Gasteiger charge is 2.25. The molecule has 1 aliphatic carbocycles. The predicted octanol–water partition coefficient (Wildman–Crippen LogP) is 3.15. The van der Waals surface area contributed by atoms with E-state index in [2.05, 4.69) is 41.0 Å². The summed E-state index contributed by atoms with van der Waals surface area (Å²) in [4.78, 5) is 37.0. The highest BCUT2D eigenvalue weighted by atomic mass is 79.9. The first-order chi connectivity index (χ1) is 16.5. The predicted molar refractivity (Wildman–Crippen MR) is 135 cm³/mol. The first kappa shape index (κ1) is 21.4. The second kappa shape index (κ2) is 8.56. The molecular formula is C25H25BrN6O2. The standard InChI is InChI=1S/C25H25BrN6O2/c26-19-13-17(24(33)28-18-4-5-18)3-6-21(19)31-10-8-30(9-11-31)15-16-12-20-23(27-14-16)22-2-1-7-32(22)25(34)29-20/h1-3,6-7,12-14,18H,4-5,8-11,15H2,(H,28,33)(H,29,34). The fourth-order valence-corrected chi connectivity index (χ4v) is 5.26. The van der Waals surface area contributed by atoms with E-state index in [0.717, 1.165) is 77.8 Å². The lowest BCUT2D eigenvalue weighted by molar-refractivity contribution is 0.0951. The van der Waals surface area contributed by atoms with Gasteiger partial charge >= 0.3 is 5.69 Å². The summed E-state index contributed by atoms with van der Waals surface area (Å²) < 4.78 is 2.53. The Hall–Kier alpha value is -3.17. The molecule has 0 spiro atoms. The minimum absolute atomic E-state index is 0.00242. The number of nitrogens with one attached hydrogen (secondary N) is 2. The van der Waals surface area contributed by atoms with Crippen LogP contribution in [0.4, 0.5) is 5.69 Å². The number of carbonyl (C=O) groups excluding carboxylic acids is 1. The lowest BCUT2D eigenvalue weighted by atomic mass is 10.1. The van der Waals surface area contributed by atoms with Crippen LogP contribution in [0.25, 0.3) is 16.6 Å². The van der Waals surface area contributed by atoms with Gasteiger partial charge in [0.15, 0.2) is 0 Å². The van der Waals surface area contributed by atoms with Crippen molar-refractivity contribution in [2.24, 2.45) is 0 Å². The summed E-state index contributed by atoms with van der Waals surface area (Å²) in [5.41, 5.74) is 5.13. The Morgan fingerprint density at radius 3 is 2.74 bits per heavy atom. The number of rotatable bonds is 5. The van der Waals surface area contributed by atoms with Crippen LogP contribution in [0.5, 0.6) is 0 Å². The summed E-state index contributed by atoms with van der Waals surface area (Å²) in [6, 6.07) is 12.0. The number of pyridine rings is 1. The maximum absolute atomic E-state index is 12.3. The number of nitrogens with zero attached hydrogens (tertiary/aromatic N) is 4. The quantitative estimate of drug-likeness (QED) is 0.422. The number of aromatic amines is 1. The van der Waals surface area contributed by atoms with Gasteiger partial charge in [0.2, 0.25) is 0 Å². The molecule has 9 heteroatoms. The fraction of sp³-hybridized carbons (Fsp3) is 0.320. The van der Waals surface area contributed by atoms with E-state index in [1.165, 1.54) is 0 Å². The number of halogens is 1. The van der Waals surface area contributed by atoms with Gasteiger partial charge in [0.1, 0.15) is 5.52 Å². The summed E-state index contributed by atoms with van der Waals surface area (Å²) >= 11 is 3.67. The van der Waals surface area contributed by atoms with Crippen LogP contribution in [0, 0.1) is 0 Å². The third kappa shape index (κ3) is 4.10. The van der Waals surface area contributed by atoms with Gasteiger partial charge < -0.3 is 15.2 Å². The average molecular weight is 521 g/mol. The van der Waals surface area contributed by atoms with Crippen molar-refractivity contribution in [1.82, 2.24) is 24.6 Å². The summed E-state index contributed by atoms with van der Waals surface area (Å²) in [6.45, 7) is 4.42. The van der Waals surface area contributed by atoms with Crippen molar-refractivity contribution >= 4 is 44.1 Å². The van der Waals surface area contributed by atoms with E-state index in [1.807, 2.05) is 42.6 Å². The van der Waals surface area contributed by atoms with Crippen LogP contribution in [-0.4, -0.2) is 57.4 Å². The number of amides is 1. The van der Waals surface area contributed by atoms with Gasteiger partial charge in [0, 0.05) is 61.2 Å². The molecule has 1 amide bonds. The van der Waals surface area contributed by atoms with Crippen molar-refractivity contribution in [2.75, 3.05) is 31.1 Å². The zero-order valence-corrected chi connectivity index (χ0v) is 20.2. The van der Waals surface area contributed by atoms with E-state index >= 15 is 0 Å². The number of anilines is 1. The number of piperazine rings is 1. The monoisotopic (exact) mass is 520 g/mol. The van der Waals surface area contributed by atoms with Gasteiger partial charge in [-0.05, 0) is 70.7 Å². The van der Waals surface area contributed by atoms with Gasteiger partial charge in [0.05, 0.1) is 16.7 Å². The van der Waals surface area contributed by atoms with Gasteiger partial charge in [-0.3, -0.25) is 19.1 Å². The first-order valence-electron chi connectivity index (χ1n) is 11.6. The number of carbonyl (C=O) groups is 1. The van der Waals surface area contributed by atoms with Crippen LogP contribution in [0.1, 0.15) is 28.8 Å². The zero-order valence-electron chi connectivity index (χ0n) is 18.6. The molecule has 0 atom stereocenters. The van der Waals surface area contributed by atoms with Crippen molar-refractivity contribution in [3.8, 4) is 0 Å². The van der Waals surface area contributed by atoms with Crippen molar-refractivity contribution < 1.29 is 4.79 Å². The third-order valence-corrected chi connectivity index (χ3v) is 7.27. The van der Waals surface area contributed by atoms with E-state index in [1.54, 1.807) is 10.6 Å². The highest BCUT2D eigenvalue weighted by Crippen LogP contribution is 2.29. The fourth-order valence-electron chi connectivity index (χ4n) is 4.63. The molecule has 1 saturated heterocycles. The van der Waals surface area contributed by atoms with Gasteiger partial charge in [-0.2, -0.15) is 0 Å². The lowest BCUT2D eigenvalue weighted by Gasteiger charge is -2.36. The number of H-pyrrole nitrogens is 1. The minimum atomic E-state index is -0.151. The smallest absolute Gasteiger partial charge is 0.330 e. The first-order valence-corrected chi connectivity index (χ1v) is 12.4. The molecule has 0 unspecified atom stereocenters. The van der Waals surface area contributed by atoms with Gasteiger partial charge in [-0.1, -0.05) is 0 Å². The number of hydrogen-bond donors (Lipinski definition) is 2. The van der Waals surface area contributed by atoms with Crippen molar-refractivity contribution in [1.29, 1.82) is 0 Å². The van der Waals surface area contributed by atoms with Crippen LogP contribution in [0.2, 0.25) is 0 Å². The van der Waals surface area contributed by atoms with Crippen LogP contribution < -0.4 is 15.9 Å². The van der Waals surface area contributed by atoms with Gasteiger partial charge in [-0.15, -0.1) is 0 Å². The molecule has 3 aromatic heterocycles. The molecule has 1 saturated carbocycles. The molecule has 2 aliphatic rings. The molecule has 1 aromatic carbocycles. The molecular weight excluding hydrogens is 496 g/mol. The summed E-state index contributed by atoms with van der Waals surface area (Å²) in [5.74, 6) is 0.00242. The Morgan fingerprint density at radius 1 is 1.15 bits per heavy atom. The molecule has 8 nitrogen and oxygen atoms in total. The minimum Gasteiger partial charge on any atom is -0.368 e. The van der Waals surface area contributed by atoms with E-state index in [9.17, 15) is 9.59 Å². The summed E-state index contributed by atoms with van der Waals surface area (Å²) in [5, 5.41) is 3.04. The van der Waals surface area contributed by atoms with Crippen molar-refractivity contribution in [2.45, 2.75) is 25.4 Å². The Balaban J connectivity index is 1.12. The molecule has 0 radical (unpaired) electrons. The van der Waals surface area contributed by atoms with Crippen LogP contribution in [0.3, 0.4) is 0 Å². The molecule has 4 aromatic rings. The lowest BCUT2D eigenvalue weighted by Crippen LogP contribution is -2.46. The molecule has 2 fully saturated rings. The van der Waals surface area contributed by atoms with Crippen LogP contribution in [0.15, 0.2) is 58.1 Å². The second-order valence-corrected chi connectivity index (χ2v) is 9.96. The summed E-state index contributed by atoms with van der Waals surface area (Å²) in [7, 11) is 0. The maximum atomic E-state index is 12.3. The number of hydrogen-bond acceptors (Lipinski definition) is 5. The molecule has 2 N–H and O–H groups in total. The van der Waals surface area contributed by atoms with Crippen molar-refractivity contribution in [3.05, 3.63) is 74.9 Å². The number of aromatic nitrogens is 3. The molecule has 6 rings (SSSR count). The number of benzene rings is 1.